The van der Waals surface area contributed by atoms with Crippen LogP contribution in [0.3, 0.4) is 0 Å². The number of rotatable bonds is 5. The first-order valence-electron chi connectivity index (χ1n) is 5.96. The topological polar surface area (TPSA) is 78.6 Å². The number of nitrogens with two attached hydrogens (primary N) is 1. The van der Waals surface area contributed by atoms with Gasteiger partial charge in [-0.15, -0.1) is 0 Å². The first-order chi connectivity index (χ1) is 9.35. The Balaban J connectivity index is 2.72. The van der Waals surface area contributed by atoms with E-state index < -0.39 is 23.9 Å². The van der Waals surface area contributed by atoms with Crippen molar-refractivity contribution in [3.05, 3.63) is 28.5 Å². The predicted octanol–water partition coefficient (Wildman–Crippen LogP) is 2.56. The zero-order valence-electron chi connectivity index (χ0n) is 11.1. The fourth-order valence-electron chi connectivity index (χ4n) is 1.46. The summed E-state index contributed by atoms with van der Waals surface area (Å²) in [6.45, 7) is 3.46. The Bertz CT molecular complexity index is 521. The molecule has 1 aromatic carbocycles. The number of esters is 2. The lowest BCUT2D eigenvalue weighted by atomic mass is 10.2. The fourth-order valence-corrected chi connectivity index (χ4v) is 1.69. The van der Waals surface area contributed by atoms with Gasteiger partial charge in [-0.1, -0.05) is 11.6 Å². The van der Waals surface area contributed by atoms with E-state index in [-0.39, 0.29) is 29.3 Å². The van der Waals surface area contributed by atoms with Crippen LogP contribution in [0.25, 0.3) is 0 Å². The van der Waals surface area contributed by atoms with Crippen molar-refractivity contribution in [2.45, 2.75) is 26.4 Å². The van der Waals surface area contributed by atoms with Crippen molar-refractivity contribution >= 4 is 29.2 Å². The Morgan fingerprint density at radius 3 is 2.70 bits per heavy atom. The van der Waals surface area contributed by atoms with E-state index in [2.05, 4.69) is 0 Å². The number of carbonyl (C=O) groups is 2. The number of anilines is 1. The van der Waals surface area contributed by atoms with Crippen LogP contribution < -0.4 is 5.73 Å². The summed E-state index contributed by atoms with van der Waals surface area (Å²) < 4.78 is 22.9. The van der Waals surface area contributed by atoms with Crippen LogP contribution >= 0.6 is 11.6 Å². The van der Waals surface area contributed by atoms with E-state index >= 15 is 0 Å². The second-order valence-electron chi connectivity index (χ2n) is 4.08. The third-order valence-corrected chi connectivity index (χ3v) is 2.69. The molecule has 7 heteroatoms. The molecule has 1 rings (SSSR count). The highest BCUT2D eigenvalue weighted by Gasteiger charge is 2.19. The van der Waals surface area contributed by atoms with Gasteiger partial charge in [0.15, 0.2) is 0 Å². The van der Waals surface area contributed by atoms with Crippen LogP contribution in [0.1, 0.15) is 30.6 Å². The van der Waals surface area contributed by atoms with Gasteiger partial charge in [-0.25, -0.2) is 9.18 Å². The maximum absolute atomic E-state index is 13.1. The van der Waals surface area contributed by atoms with Gasteiger partial charge in [-0.2, -0.15) is 0 Å². The van der Waals surface area contributed by atoms with Crippen LogP contribution in [0.15, 0.2) is 12.1 Å². The molecule has 0 aliphatic heterocycles. The van der Waals surface area contributed by atoms with Gasteiger partial charge in [0.2, 0.25) is 0 Å². The molecule has 0 aliphatic rings. The molecule has 0 amide bonds. The van der Waals surface area contributed by atoms with Crippen LogP contribution in [-0.4, -0.2) is 24.6 Å². The van der Waals surface area contributed by atoms with Gasteiger partial charge >= 0.3 is 11.9 Å². The molecule has 0 saturated heterocycles. The molecule has 20 heavy (non-hydrogen) atoms. The molecule has 0 spiro atoms. The molecule has 0 radical (unpaired) electrons. The minimum absolute atomic E-state index is 0.0544. The summed E-state index contributed by atoms with van der Waals surface area (Å²) in [5.74, 6) is -1.97. The van der Waals surface area contributed by atoms with E-state index in [9.17, 15) is 14.0 Å². The van der Waals surface area contributed by atoms with Gasteiger partial charge in [-0.05, 0) is 26.0 Å². The van der Waals surface area contributed by atoms with E-state index in [1.807, 2.05) is 0 Å². The summed E-state index contributed by atoms with van der Waals surface area (Å²) in [5, 5.41) is -0.106. The first-order valence-corrected chi connectivity index (χ1v) is 6.34. The number of carbonyl (C=O) groups excluding carboxylic acids is 2. The molecule has 0 bridgehead atoms. The molecule has 0 heterocycles. The number of halogens is 2. The predicted molar refractivity (Wildman–Crippen MR) is 71.9 cm³/mol. The number of nitrogen functional groups attached to an aromatic ring is 1. The van der Waals surface area contributed by atoms with Gasteiger partial charge in [-0.3, -0.25) is 4.79 Å². The summed E-state index contributed by atoms with van der Waals surface area (Å²) in [5.41, 5.74) is 5.10. The lowest BCUT2D eigenvalue weighted by Gasteiger charge is -2.13. The molecule has 110 valence electrons. The molecule has 5 nitrogen and oxygen atoms in total. The SMILES string of the molecule is CCOC(=O)CC(C)OC(=O)c1cc(N)c(F)cc1Cl. The van der Waals surface area contributed by atoms with Crippen LogP contribution in [-0.2, 0) is 14.3 Å². The van der Waals surface area contributed by atoms with E-state index in [1.165, 1.54) is 6.92 Å². The monoisotopic (exact) mass is 303 g/mol. The van der Waals surface area contributed by atoms with Crippen LogP contribution in [0.5, 0.6) is 0 Å². The third kappa shape index (κ3) is 4.38. The molecule has 0 fully saturated rings. The number of benzene rings is 1. The average Bonchev–Trinajstić information content (AvgIpc) is 2.33. The van der Waals surface area contributed by atoms with Crippen molar-refractivity contribution in [3.63, 3.8) is 0 Å². The van der Waals surface area contributed by atoms with E-state index in [0.717, 1.165) is 12.1 Å². The Labute approximate surface area is 120 Å². The quantitative estimate of drug-likeness (QED) is 0.668. The first kappa shape index (κ1) is 16.2. The molecule has 1 unspecified atom stereocenters. The Morgan fingerprint density at radius 2 is 2.10 bits per heavy atom. The average molecular weight is 304 g/mol. The van der Waals surface area contributed by atoms with Crippen molar-refractivity contribution in [3.8, 4) is 0 Å². The Morgan fingerprint density at radius 1 is 1.45 bits per heavy atom. The van der Waals surface area contributed by atoms with Crippen LogP contribution in [0.2, 0.25) is 5.02 Å². The second-order valence-corrected chi connectivity index (χ2v) is 4.49. The largest absolute Gasteiger partial charge is 0.466 e. The second kappa shape index (κ2) is 7.09. The highest BCUT2D eigenvalue weighted by Crippen LogP contribution is 2.23. The molecule has 0 aliphatic carbocycles. The van der Waals surface area contributed by atoms with Crippen molar-refractivity contribution in [1.82, 2.24) is 0 Å². The molecular formula is C13H15ClFNO4. The summed E-state index contributed by atoms with van der Waals surface area (Å²) in [4.78, 5) is 23.1. The normalized spacial score (nSPS) is 11.8. The highest BCUT2D eigenvalue weighted by molar-refractivity contribution is 6.33. The lowest BCUT2D eigenvalue weighted by Crippen LogP contribution is -2.20. The Kier molecular flexibility index (Phi) is 5.76. The highest BCUT2D eigenvalue weighted by atomic mass is 35.5. The molecule has 1 atom stereocenters. The summed E-state index contributed by atoms with van der Waals surface area (Å²) in [6, 6.07) is 2.03. The van der Waals surface area contributed by atoms with Gasteiger partial charge in [0.05, 0.1) is 29.3 Å². The zero-order valence-corrected chi connectivity index (χ0v) is 11.9. The summed E-state index contributed by atoms with van der Waals surface area (Å²) in [7, 11) is 0. The van der Waals surface area contributed by atoms with Crippen LogP contribution in [0, 0.1) is 5.82 Å². The fraction of sp³-hybridized carbons (Fsp3) is 0.385. The summed E-state index contributed by atoms with van der Waals surface area (Å²) in [6.07, 6.45) is -0.766. The van der Waals surface area contributed by atoms with E-state index in [1.54, 1.807) is 6.92 Å². The molecule has 1 aromatic rings. The van der Waals surface area contributed by atoms with Gasteiger partial charge in [0, 0.05) is 0 Å². The molecule has 0 aromatic heterocycles. The van der Waals surface area contributed by atoms with Crippen molar-refractivity contribution in [2.75, 3.05) is 12.3 Å². The van der Waals surface area contributed by atoms with Crippen molar-refractivity contribution in [1.29, 1.82) is 0 Å². The van der Waals surface area contributed by atoms with Crippen LogP contribution in [0.4, 0.5) is 10.1 Å². The maximum Gasteiger partial charge on any atom is 0.340 e. The Hall–Kier alpha value is -1.82. The lowest BCUT2D eigenvalue weighted by molar-refractivity contribution is -0.145. The number of hydrogen-bond acceptors (Lipinski definition) is 5. The number of ether oxygens (including phenoxy) is 2. The van der Waals surface area contributed by atoms with Gasteiger partial charge < -0.3 is 15.2 Å². The van der Waals surface area contributed by atoms with Gasteiger partial charge in [0.1, 0.15) is 11.9 Å². The number of hydrogen-bond donors (Lipinski definition) is 1. The minimum atomic E-state index is -0.779. The van der Waals surface area contributed by atoms with Crippen molar-refractivity contribution in [2.24, 2.45) is 0 Å². The maximum atomic E-state index is 13.1. The van der Waals surface area contributed by atoms with E-state index in [4.69, 9.17) is 26.8 Å². The molecule has 2 N–H and O–H groups in total. The zero-order chi connectivity index (χ0) is 15.3. The standard InChI is InChI=1S/C13H15ClFNO4/c1-3-19-12(17)4-7(2)20-13(18)8-5-11(16)10(15)6-9(8)14/h5-7H,3-4,16H2,1-2H3. The summed E-state index contributed by atoms with van der Waals surface area (Å²) >= 11 is 5.75. The van der Waals surface area contributed by atoms with Gasteiger partial charge in [0.25, 0.3) is 0 Å². The smallest absolute Gasteiger partial charge is 0.340 e. The minimum Gasteiger partial charge on any atom is -0.466 e. The third-order valence-electron chi connectivity index (χ3n) is 2.37. The molecular weight excluding hydrogens is 289 g/mol. The van der Waals surface area contributed by atoms with E-state index in [0.29, 0.717) is 0 Å². The van der Waals surface area contributed by atoms with Crippen molar-refractivity contribution < 1.29 is 23.5 Å². The molecule has 0 saturated carbocycles.